The molecule has 0 bridgehead atoms. The summed E-state index contributed by atoms with van der Waals surface area (Å²) in [4.78, 5) is 15.0. The van der Waals surface area contributed by atoms with Crippen LogP contribution in [0, 0.1) is 0 Å². The second kappa shape index (κ2) is 8.87. The Morgan fingerprint density at radius 1 is 1.09 bits per heavy atom. The number of rotatable bonds is 9. The molecule has 0 aliphatic carbocycles. The third-order valence-electron chi connectivity index (χ3n) is 3.38. The molecule has 23 heavy (non-hydrogen) atoms. The van der Waals surface area contributed by atoms with Gasteiger partial charge in [-0.05, 0) is 37.7 Å². The first-order valence-corrected chi connectivity index (χ1v) is 7.53. The van der Waals surface area contributed by atoms with Gasteiger partial charge >= 0.3 is 5.97 Å². The van der Waals surface area contributed by atoms with Crippen molar-refractivity contribution in [3.8, 4) is 5.75 Å². The molecule has 2 aromatic rings. The molecule has 122 valence electrons. The summed E-state index contributed by atoms with van der Waals surface area (Å²) in [6.45, 7) is 2.80. The highest BCUT2D eigenvalue weighted by molar-refractivity contribution is 5.87. The number of carbonyl (C=O) groups is 1. The molecule has 0 saturated carbocycles. The number of aromatic nitrogens is 1. The van der Waals surface area contributed by atoms with Gasteiger partial charge in [0.25, 0.3) is 0 Å². The van der Waals surface area contributed by atoms with Crippen LogP contribution in [0.1, 0.15) is 28.0 Å². The molecule has 6 heteroatoms. The Morgan fingerprint density at radius 3 is 2.57 bits per heavy atom. The van der Waals surface area contributed by atoms with Crippen molar-refractivity contribution in [2.45, 2.75) is 19.5 Å². The molecule has 0 saturated heterocycles. The van der Waals surface area contributed by atoms with Gasteiger partial charge in [0.1, 0.15) is 5.75 Å². The van der Waals surface area contributed by atoms with Gasteiger partial charge in [-0.1, -0.05) is 18.2 Å². The molecule has 2 rings (SSSR count). The summed E-state index contributed by atoms with van der Waals surface area (Å²) in [6, 6.07) is 10.3. The summed E-state index contributed by atoms with van der Waals surface area (Å²) < 4.78 is 0. The van der Waals surface area contributed by atoms with Gasteiger partial charge in [-0.25, -0.2) is 4.79 Å². The molecule has 0 aliphatic rings. The maximum atomic E-state index is 10.9. The van der Waals surface area contributed by atoms with E-state index in [4.69, 9.17) is 5.11 Å². The fourth-order valence-corrected chi connectivity index (χ4v) is 2.15. The van der Waals surface area contributed by atoms with Crippen LogP contribution in [-0.2, 0) is 13.1 Å². The van der Waals surface area contributed by atoms with Crippen LogP contribution < -0.4 is 10.6 Å². The highest BCUT2D eigenvalue weighted by atomic mass is 16.4. The number of hydrogen-bond acceptors (Lipinski definition) is 5. The molecule has 6 nitrogen and oxygen atoms in total. The first-order valence-electron chi connectivity index (χ1n) is 7.53. The largest absolute Gasteiger partial charge is 0.508 e. The second-order valence-corrected chi connectivity index (χ2v) is 5.18. The average Bonchev–Trinajstić information content (AvgIpc) is 2.56. The van der Waals surface area contributed by atoms with Crippen molar-refractivity contribution in [1.29, 1.82) is 0 Å². The van der Waals surface area contributed by atoms with E-state index in [2.05, 4.69) is 15.6 Å². The SMILES string of the molecule is O=C(O)c1ccnc(CNCCCNCc2ccccc2O)c1. The number of para-hydroxylation sites is 1. The standard InChI is InChI=1S/C17H21N3O3/c21-16-5-2-1-4-14(16)11-18-7-3-8-19-12-15-10-13(17(22)23)6-9-20-15/h1-2,4-6,9-10,18-19,21H,3,7-8,11-12H2,(H,22,23). The van der Waals surface area contributed by atoms with Crippen LogP contribution in [0.2, 0.25) is 0 Å². The number of phenols is 1. The Morgan fingerprint density at radius 2 is 1.83 bits per heavy atom. The van der Waals surface area contributed by atoms with Gasteiger partial charge in [-0.3, -0.25) is 4.98 Å². The molecule has 4 N–H and O–H groups in total. The maximum absolute atomic E-state index is 10.9. The van der Waals surface area contributed by atoms with Crippen LogP contribution in [0.3, 0.4) is 0 Å². The lowest BCUT2D eigenvalue weighted by molar-refractivity contribution is 0.0696. The normalized spacial score (nSPS) is 10.6. The van der Waals surface area contributed by atoms with Crippen molar-refractivity contribution >= 4 is 5.97 Å². The molecule has 0 spiro atoms. The molecule has 1 aromatic heterocycles. The average molecular weight is 315 g/mol. The van der Waals surface area contributed by atoms with Crippen molar-refractivity contribution in [2.75, 3.05) is 13.1 Å². The van der Waals surface area contributed by atoms with E-state index < -0.39 is 5.97 Å². The monoisotopic (exact) mass is 315 g/mol. The molecular formula is C17H21N3O3. The highest BCUT2D eigenvalue weighted by Gasteiger charge is 2.03. The van der Waals surface area contributed by atoms with Crippen molar-refractivity contribution < 1.29 is 15.0 Å². The van der Waals surface area contributed by atoms with E-state index in [1.807, 2.05) is 12.1 Å². The number of aromatic carboxylic acids is 1. The number of nitrogens with one attached hydrogen (secondary N) is 2. The zero-order valence-electron chi connectivity index (χ0n) is 12.8. The highest BCUT2D eigenvalue weighted by Crippen LogP contribution is 2.14. The molecular weight excluding hydrogens is 294 g/mol. The van der Waals surface area contributed by atoms with E-state index in [1.54, 1.807) is 18.2 Å². The zero-order valence-corrected chi connectivity index (χ0v) is 12.8. The van der Waals surface area contributed by atoms with Crippen LogP contribution >= 0.6 is 0 Å². The van der Waals surface area contributed by atoms with Crippen LogP contribution in [0.4, 0.5) is 0 Å². The van der Waals surface area contributed by atoms with Gasteiger partial charge in [0.15, 0.2) is 0 Å². The summed E-state index contributed by atoms with van der Waals surface area (Å²) in [5.41, 5.74) is 1.85. The van der Waals surface area contributed by atoms with Crippen LogP contribution in [0.15, 0.2) is 42.6 Å². The van der Waals surface area contributed by atoms with E-state index >= 15 is 0 Å². The minimum atomic E-state index is -0.943. The Labute approximate surface area is 135 Å². The van der Waals surface area contributed by atoms with Crippen molar-refractivity contribution in [2.24, 2.45) is 0 Å². The van der Waals surface area contributed by atoms with E-state index in [0.717, 1.165) is 25.1 Å². The molecule has 0 atom stereocenters. The Hall–Kier alpha value is -2.44. The number of pyridine rings is 1. The van der Waals surface area contributed by atoms with E-state index in [1.165, 1.54) is 12.3 Å². The number of carboxylic acid groups (broad SMARTS) is 1. The molecule has 0 radical (unpaired) electrons. The Bertz CT molecular complexity index is 646. The third-order valence-corrected chi connectivity index (χ3v) is 3.38. The predicted molar refractivity (Wildman–Crippen MR) is 87.3 cm³/mol. The number of benzene rings is 1. The van der Waals surface area contributed by atoms with Crippen molar-refractivity contribution in [1.82, 2.24) is 15.6 Å². The molecule has 0 unspecified atom stereocenters. The van der Waals surface area contributed by atoms with Crippen LogP contribution in [0.25, 0.3) is 0 Å². The molecule has 0 fully saturated rings. The van der Waals surface area contributed by atoms with E-state index in [-0.39, 0.29) is 5.56 Å². The topological polar surface area (TPSA) is 94.5 Å². The fraction of sp³-hybridized carbons (Fsp3) is 0.294. The number of phenolic OH excluding ortho intramolecular Hbond substituents is 1. The summed E-state index contributed by atoms with van der Waals surface area (Å²) in [7, 11) is 0. The van der Waals surface area contributed by atoms with Gasteiger partial charge in [0.2, 0.25) is 0 Å². The van der Waals surface area contributed by atoms with Crippen molar-refractivity contribution in [3.05, 3.63) is 59.4 Å². The Balaban J connectivity index is 1.60. The first-order chi connectivity index (χ1) is 11.2. The number of nitrogens with zero attached hydrogens (tertiary/aromatic N) is 1. The summed E-state index contributed by atoms with van der Waals surface area (Å²) >= 11 is 0. The molecule has 0 amide bonds. The molecule has 1 aromatic carbocycles. The van der Waals surface area contributed by atoms with E-state index in [0.29, 0.717) is 24.5 Å². The fourth-order valence-electron chi connectivity index (χ4n) is 2.15. The molecule has 0 aliphatic heterocycles. The Kier molecular flexibility index (Phi) is 6.53. The quantitative estimate of drug-likeness (QED) is 0.527. The lowest BCUT2D eigenvalue weighted by atomic mass is 10.2. The maximum Gasteiger partial charge on any atom is 0.335 e. The van der Waals surface area contributed by atoms with Crippen molar-refractivity contribution in [3.63, 3.8) is 0 Å². The lowest BCUT2D eigenvalue weighted by Gasteiger charge is -2.08. The van der Waals surface area contributed by atoms with Gasteiger partial charge in [0.05, 0.1) is 11.3 Å². The van der Waals surface area contributed by atoms with Gasteiger partial charge in [-0.2, -0.15) is 0 Å². The first kappa shape index (κ1) is 16.9. The van der Waals surface area contributed by atoms with E-state index in [9.17, 15) is 9.90 Å². The van der Waals surface area contributed by atoms with Crippen LogP contribution in [-0.4, -0.2) is 34.3 Å². The predicted octanol–water partition coefficient (Wildman–Crippen LogP) is 1.75. The number of hydrogen-bond donors (Lipinski definition) is 4. The molecule has 1 heterocycles. The third kappa shape index (κ3) is 5.69. The van der Waals surface area contributed by atoms with Gasteiger partial charge < -0.3 is 20.8 Å². The van der Waals surface area contributed by atoms with Crippen LogP contribution in [0.5, 0.6) is 5.75 Å². The summed E-state index contributed by atoms with van der Waals surface area (Å²) in [5, 5.41) is 25.1. The minimum absolute atomic E-state index is 0.251. The van der Waals surface area contributed by atoms with Gasteiger partial charge in [-0.15, -0.1) is 0 Å². The number of carboxylic acids is 1. The summed E-state index contributed by atoms with van der Waals surface area (Å²) in [5.74, 6) is -0.635. The second-order valence-electron chi connectivity index (χ2n) is 5.18. The van der Waals surface area contributed by atoms with Gasteiger partial charge in [0, 0.05) is 24.8 Å². The zero-order chi connectivity index (χ0) is 16.5. The lowest BCUT2D eigenvalue weighted by Crippen LogP contribution is -2.22. The number of aromatic hydroxyl groups is 1. The summed E-state index contributed by atoms with van der Waals surface area (Å²) in [6.07, 6.45) is 2.43. The smallest absolute Gasteiger partial charge is 0.335 e. The minimum Gasteiger partial charge on any atom is -0.508 e.